The molecule has 1 nitrogen and oxygen atoms in total. The van der Waals surface area contributed by atoms with Crippen LogP contribution in [0.1, 0.15) is 43.9 Å². The second-order valence-electron chi connectivity index (χ2n) is 6.32. The lowest BCUT2D eigenvalue weighted by molar-refractivity contribution is 0.309. The fourth-order valence-electron chi connectivity index (χ4n) is 1.94. The monoisotopic (exact) mass is 331 g/mol. The molecule has 0 aliphatic rings. The van der Waals surface area contributed by atoms with Crippen LogP contribution in [-0.4, -0.2) is 13.1 Å². The zero-order chi connectivity index (χ0) is 13.8. The quantitative estimate of drug-likeness (QED) is 0.739. The molecule has 104 valence electrons. The van der Waals surface area contributed by atoms with Gasteiger partial charge in [0.15, 0.2) is 0 Å². The lowest BCUT2D eigenvalue weighted by Gasteiger charge is -2.25. The van der Waals surface area contributed by atoms with Crippen molar-refractivity contribution < 1.29 is 0 Å². The number of rotatable bonds is 7. The number of hydrogen-bond donors (Lipinski definition) is 1. The van der Waals surface area contributed by atoms with Crippen molar-refractivity contribution in [2.24, 2.45) is 11.3 Å². The smallest absolute Gasteiger partial charge is 0.0317 e. The first kappa shape index (κ1) is 16.2. The Morgan fingerprint density at radius 2 is 2.06 bits per heavy atom. The minimum atomic E-state index is 0.367. The van der Waals surface area contributed by atoms with Crippen LogP contribution in [0.3, 0.4) is 0 Å². The van der Waals surface area contributed by atoms with Crippen molar-refractivity contribution in [3.63, 3.8) is 0 Å². The van der Waals surface area contributed by atoms with Crippen LogP contribution in [0, 0.1) is 18.3 Å². The van der Waals surface area contributed by atoms with E-state index in [1.54, 1.807) is 0 Å². The van der Waals surface area contributed by atoms with Crippen LogP contribution >= 0.6 is 27.3 Å². The highest BCUT2D eigenvalue weighted by molar-refractivity contribution is 9.10. The third kappa shape index (κ3) is 5.85. The van der Waals surface area contributed by atoms with Crippen molar-refractivity contribution in [2.45, 2.75) is 47.5 Å². The van der Waals surface area contributed by atoms with Crippen LogP contribution < -0.4 is 5.32 Å². The van der Waals surface area contributed by atoms with Crippen molar-refractivity contribution in [3.05, 3.63) is 20.3 Å². The van der Waals surface area contributed by atoms with Gasteiger partial charge < -0.3 is 5.32 Å². The second kappa shape index (κ2) is 7.06. The van der Waals surface area contributed by atoms with E-state index < -0.39 is 0 Å². The zero-order valence-corrected chi connectivity index (χ0v) is 14.7. The highest BCUT2D eigenvalue weighted by atomic mass is 79.9. The molecular formula is C15H26BrNS. The summed E-state index contributed by atoms with van der Waals surface area (Å²) in [5, 5.41) is 3.57. The van der Waals surface area contributed by atoms with E-state index in [1.165, 1.54) is 27.1 Å². The number of halogens is 1. The molecule has 0 fully saturated rings. The van der Waals surface area contributed by atoms with Crippen LogP contribution in [0.25, 0.3) is 0 Å². The normalized spacial score (nSPS) is 12.4. The summed E-state index contributed by atoms with van der Waals surface area (Å²) in [4.78, 5) is 2.89. The van der Waals surface area contributed by atoms with Crippen LogP contribution in [-0.2, 0) is 6.42 Å². The van der Waals surface area contributed by atoms with Gasteiger partial charge in [-0.25, -0.2) is 0 Å². The van der Waals surface area contributed by atoms with Crippen molar-refractivity contribution in [1.29, 1.82) is 0 Å². The van der Waals surface area contributed by atoms with Gasteiger partial charge in [-0.05, 0) is 59.6 Å². The Morgan fingerprint density at radius 3 is 2.56 bits per heavy atom. The molecule has 3 heteroatoms. The molecule has 18 heavy (non-hydrogen) atoms. The van der Waals surface area contributed by atoms with Gasteiger partial charge in [0.2, 0.25) is 0 Å². The molecule has 0 bridgehead atoms. The summed E-state index contributed by atoms with van der Waals surface area (Å²) in [5.41, 5.74) is 0.367. The number of aryl methyl sites for hydroxylation is 2. The molecule has 1 heterocycles. The van der Waals surface area contributed by atoms with Gasteiger partial charge in [-0.15, -0.1) is 11.3 Å². The van der Waals surface area contributed by atoms with E-state index in [1.807, 2.05) is 11.3 Å². The molecule has 1 aromatic rings. The summed E-state index contributed by atoms with van der Waals surface area (Å²) < 4.78 is 1.29. The lowest BCUT2D eigenvalue weighted by atomic mass is 9.87. The van der Waals surface area contributed by atoms with Crippen molar-refractivity contribution in [3.8, 4) is 0 Å². The first-order valence-electron chi connectivity index (χ1n) is 6.76. The average molecular weight is 332 g/mol. The largest absolute Gasteiger partial charge is 0.316 e. The minimum absolute atomic E-state index is 0.367. The molecule has 0 atom stereocenters. The molecule has 0 amide bonds. The molecule has 1 N–H and O–H groups in total. The number of nitrogens with one attached hydrogen (secondary N) is 1. The van der Waals surface area contributed by atoms with Gasteiger partial charge in [-0.2, -0.15) is 0 Å². The highest BCUT2D eigenvalue weighted by Crippen LogP contribution is 2.31. The van der Waals surface area contributed by atoms with Gasteiger partial charge in [0.05, 0.1) is 0 Å². The molecule has 1 rings (SSSR count). The Kier molecular flexibility index (Phi) is 6.36. The van der Waals surface area contributed by atoms with E-state index >= 15 is 0 Å². The molecule has 0 aromatic carbocycles. The number of hydrogen-bond acceptors (Lipinski definition) is 2. The predicted octanol–water partition coefficient (Wildman–Crippen LogP) is 5.02. The lowest BCUT2D eigenvalue weighted by Crippen LogP contribution is -2.32. The third-order valence-electron chi connectivity index (χ3n) is 3.07. The molecule has 0 saturated carbocycles. The molecule has 1 aromatic heterocycles. The topological polar surface area (TPSA) is 12.0 Å². The SMILES string of the molecule is Cc1cc(Br)c(CCC(C)(C)CNCC(C)C)s1. The Balaban J connectivity index is 2.39. The zero-order valence-electron chi connectivity index (χ0n) is 12.3. The molecule has 0 aliphatic heterocycles. The Labute approximate surface area is 125 Å². The van der Waals surface area contributed by atoms with Crippen molar-refractivity contribution >= 4 is 27.3 Å². The summed E-state index contributed by atoms with van der Waals surface area (Å²) in [6.07, 6.45) is 2.41. The fourth-order valence-corrected chi connectivity index (χ4v) is 3.80. The van der Waals surface area contributed by atoms with Gasteiger partial charge >= 0.3 is 0 Å². The highest BCUT2D eigenvalue weighted by Gasteiger charge is 2.18. The summed E-state index contributed by atoms with van der Waals surface area (Å²) >= 11 is 5.57. The first-order valence-corrected chi connectivity index (χ1v) is 8.36. The number of thiophene rings is 1. The molecule has 0 spiro atoms. The first-order chi connectivity index (χ1) is 8.30. The van der Waals surface area contributed by atoms with E-state index in [9.17, 15) is 0 Å². The standard InChI is InChI=1S/C15H26BrNS/c1-11(2)9-17-10-15(4,5)7-6-14-13(16)8-12(3)18-14/h8,11,17H,6-7,9-10H2,1-5H3. The van der Waals surface area contributed by atoms with Crippen LogP contribution in [0.15, 0.2) is 10.5 Å². The average Bonchev–Trinajstić information content (AvgIpc) is 2.53. The Morgan fingerprint density at radius 1 is 1.39 bits per heavy atom. The Hall–Kier alpha value is 0.140. The van der Waals surface area contributed by atoms with E-state index in [0.29, 0.717) is 5.41 Å². The van der Waals surface area contributed by atoms with E-state index in [0.717, 1.165) is 19.0 Å². The molecule has 0 saturated heterocycles. The van der Waals surface area contributed by atoms with Crippen LogP contribution in [0.2, 0.25) is 0 Å². The summed E-state index contributed by atoms with van der Waals surface area (Å²) in [6, 6.07) is 2.23. The van der Waals surface area contributed by atoms with Gasteiger partial charge in [-0.3, -0.25) is 0 Å². The molecule has 0 aliphatic carbocycles. The third-order valence-corrected chi connectivity index (χ3v) is 5.15. The molecule has 0 radical (unpaired) electrons. The predicted molar refractivity (Wildman–Crippen MR) is 86.6 cm³/mol. The van der Waals surface area contributed by atoms with E-state index in [4.69, 9.17) is 0 Å². The summed E-state index contributed by atoms with van der Waals surface area (Å²) in [6.45, 7) is 13.6. The maximum absolute atomic E-state index is 3.65. The van der Waals surface area contributed by atoms with E-state index in [-0.39, 0.29) is 0 Å². The van der Waals surface area contributed by atoms with Crippen molar-refractivity contribution in [2.75, 3.05) is 13.1 Å². The maximum atomic E-state index is 3.65. The van der Waals surface area contributed by atoms with Gasteiger partial charge in [-0.1, -0.05) is 27.7 Å². The van der Waals surface area contributed by atoms with E-state index in [2.05, 4.69) is 61.9 Å². The van der Waals surface area contributed by atoms with Gasteiger partial charge in [0, 0.05) is 20.8 Å². The van der Waals surface area contributed by atoms with Crippen LogP contribution in [0.4, 0.5) is 0 Å². The van der Waals surface area contributed by atoms with Crippen LogP contribution in [0.5, 0.6) is 0 Å². The second-order valence-corrected chi connectivity index (χ2v) is 8.51. The van der Waals surface area contributed by atoms with Gasteiger partial charge in [0.1, 0.15) is 0 Å². The fraction of sp³-hybridized carbons (Fsp3) is 0.733. The Bertz CT molecular complexity index is 369. The summed E-state index contributed by atoms with van der Waals surface area (Å²) in [7, 11) is 0. The maximum Gasteiger partial charge on any atom is 0.0317 e. The van der Waals surface area contributed by atoms with Gasteiger partial charge in [0.25, 0.3) is 0 Å². The molecular weight excluding hydrogens is 306 g/mol. The summed E-state index contributed by atoms with van der Waals surface area (Å²) in [5.74, 6) is 0.731. The molecule has 0 unspecified atom stereocenters. The minimum Gasteiger partial charge on any atom is -0.316 e. The van der Waals surface area contributed by atoms with Crippen molar-refractivity contribution in [1.82, 2.24) is 5.32 Å².